The van der Waals surface area contributed by atoms with Gasteiger partial charge in [-0.2, -0.15) is 0 Å². The zero-order valence-corrected chi connectivity index (χ0v) is 16.2. The molecule has 0 aliphatic heterocycles. The maximum atomic E-state index is 12.6. The summed E-state index contributed by atoms with van der Waals surface area (Å²) < 4.78 is 9.80. The Morgan fingerprint density at radius 1 is 0.897 bits per heavy atom. The van der Waals surface area contributed by atoms with Gasteiger partial charge in [0, 0.05) is 17.4 Å². The normalized spacial score (nSPS) is 10.2. The molecule has 1 aromatic heterocycles. The second-order valence-corrected chi connectivity index (χ2v) is 6.06. The molecule has 8 heteroatoms. The number of rotatable bonds is 6. The van der Waals surface area contributed by atoms with Crippen LogP contribution in [0.2, 0.25) is 0 Å². The number of benzene rings is 2. The van der Waals surface area contributed by atoms with Crippen LogP contribution in [0.1, 0.15) is 26.7 Å². The second-order valence-electron chi connectivity index (χ2n) is 6.06. The average Bonchev–Trinajstić information content (AvgIpc) is 2.74. The zero-order chi connectivity index (χ0) is 20.8. The van der Waals surface area contributed by atoms with Gasteiger partial charge in [0.2, 0.25) is 0 Å². The molecule has 0 spiro atoms. The molecule has 3 rings (SSSR count). The van der Waals surface area contributed by atoms with Gasteiger partial charge < -0.3 is 20.1 Å². The molecule has 1 amide bonds. The Labute approximate surface area is 167 Å². The summed E-state index contributed by atoms with van der Waals surface area (Å²) in [6.07, 6.45) is 0. The van der Waals surface area contributed by atoms with Crippen LogP contribution >= 0.6 is 0 Å². The number of aryl methyl sites for hydroxylation is 1. The van der Waals surface area contributed by atoms with Crippen LogP contribution in [0.4, 0.5) is 17.2 Å². The van der Waals surface area contributed by atoms with Crippen LogP contribution in [0.5, 0.6) is 5.75 Å². The number of aromatic nitrogens is 2. The van der Waals surface area contributed by atoms with Gasteiger partial charge in [-0.25, -0.2) is 14.8 Å². The SMILES string of the molecule is COC(=O)c1ccc(NC(=O)c2cc(Nc3ccc(OC)cc3)nc(C)n2)cc1. The molecule has 0 radical (unpaired) electrons. The largest absolute Gasteiger partial charge is 0.497 e. The first-order chi connectivity index (χ1) is 14.0. The number of anilines is 3. The maximum absolute atomic E-state index is 12.6. The minimum atomic E-state index is -0.441. The van der Waals surface area contributed by atoms with Crippen LogP contribution in [0, 0.1) is 6.92 Å². The van der Waals surface area contributed by atoms with Crippen LogP contribution in [-0.4, -0.2) is 36.1 Å². The molecular weight excluding hydrogens is 372 g/mol. The van der Waals surface area contributed by atoms with Crippen molar-refractivity contribution in [1.82, 2.24) is 9.97 Å². The molecule has 0 aliphatic rings. The highest BCUT2D eigenvalue weighted by Gasteiger charge is 2.12. The molecule has 3 aromatic rings. The van der Waals surface area contributed by atoms with Gasteiger partial charge in [0.15, 0.2) is 0 Å². The number of carbonyl (C=O) groups is 2. The van der Waals surface area contributed by atoms with Crippen LogP contribution in [-0.2, 0) is 4.74 Å². The molecule has 1 heterocycles. The summed E-state index contributed by atoms with van der Waals surface area (Å²) in [5.41, 5.74) is 1.94. The monoisotopic (exact) mass is 392 g/mol. The average molecular weight is 392 g/mol. The Balaban J connectivity index is 1.74. The van der Waals surface area contributed by atoms with Crippen molar-refractivity contribution in [2.45, 2.75) is 6.92 Å². The fourth-order valence-corrected chi connectivity index (χ4v) is 2.57. The summed E-state index contributed by atoms with van der Waals surface area (Å²) in [5, 5.41) is 5.89. The lowest BCUT2D eigenvalue weighted by molar-refractivity contribution is 0.0600. The molecule has 0 unspecified atom stereocenters. The van der Waals surface area contributed by atoms with E-state index in [2.05, 4.69) is 25.3 Å². The van der Waals surface area contributed by atoms with E-state index in [1.54, 1.807) is 44.4 Å². The third kappa shape index (κ3) is 5.07. The fourth-order valence-electron chi connectivity index (χ4n) is 2.57. The Morgan fingerprint density at radius 2 is 1.55 bits per heavy atom. The zero-order valence-electron chi connectivity index (χ0n) is 16.2. The van der Waals surface area contributed by atoms with Gasteiger partial charge in [0.05, 0.1) is 19.8 Å². The smallest absolute Gasteiger partial charge is 0.337 e. The van der Waals surface area contributed by atoms with Gasteiger partial charge in [0.1, 0.15) is 23.1 Å². The number of hydrogen-bond donors (Lipinski definition) is 2. The molecule has 148 valence electrons. The van der Waals surface area contributed by atoms with Crippen molar-refractivity contribution in [3.05, 3.63) is 71.7 Å². The number of methoxy groups -OCH3 is 2. The van der Waals surface area contributed by atoms with Crippen molar-refractivity contribution in [3.63, 3.8) is 0 Å². The summed E-state index contributed by atoms with van der Waals surface area (Å²) in [6, 6.07) is 15.3. The van der Waals surface area contributed by atoms with E-state index < -0.39 is 5.97 Å². The molecular formula is C21H20N4O4. The molecule has 29 heavy (non-hydrogen) atoms. The van der Waals surface area contributed by atoms with Crippen molar-refractivity contribution < 1.29 is 19.1 Å². The van der Waals surface area contributed by atoms with Gasteiger partial charge in [0.25, 0.3) is 5.91 Å². The second kappa shape index (κ2) is 8.83. The minimum Gasteiger partial charge on any atom is -0.497 e. The number of nitrogens with one attached hydrogen (secondary N) is 2. The van der Waals surface area contributed by atoms with Crippen LogP contribution in [0.15, 0.2) is 54.6 Å². The van der Waals surface area contributed by atoms with Crippen LogP contribution < -0.4 is 15.4 Å². The first kappa shape index (κ1) is 19.8. The Hall–Kier alpha value is -3.94. The Bertz CT molecular complexity index is 1020. The molecule has 2 N–H and O–H groups in total. The van der Waals surface area contributed by atoms with E-state index in [1.165, 1.54) is 7.11 Å². The highest BCUT2D eigenvalue weighted by atomic mass is 16.5. The van der Waals surface area contributed by atoms with Crippen molar-refractivity contribution in [3.8, 4) is 5.75 Å². The van der Waals surface area contributed by atoms with Gasteiger partial charge >= 0.3 is 5.97 Å². The van der Waals surface area contributed by atoms with Gasteiger partial charge in [-0.05, 0) is 55.5 Å². The predicted octanol–water partition coefficient (Wildman–Crippen LogP) is 3.58. The van der Waals surface area contributed by atoms with E-state index in [-0.39, 0.29) is 11.6 Å². The first-order valence-corrected chi connectivity index (χ1v) is 8.75. The first-order valence-electron chi connectivity index (χ1n) is 8.75. The lowest BCUT2D eigenvalue weighted by atomic mass is 10.2. The summed E-state index contributed by atoms with van der Waals surface area (Å²) in [5.74, 6) is 0.860. The fraction of sp³-hybridized carbons (Fsp3) is 0.143. The molecule has 0 saturated carbocycles. The lowest BCUT2D eigenvalue weighted by Crippen LogP contribution is -2.15. The van der Waals surface area contributed by atoms with E-state index in [0.29, 0.717) is 22.9 Å². The number of hydrogen-bond acceptors (Lipinski definition) is 7. The number of esters is 1. The Kier molecular flexibility index (Phi) is 6.03. The lowest BCUT2D eigenvalue weighted by Gasteiger charge is -2.10. The standard InChI is InChI=1S/C21H20N4O4/c1-13-22-18(12-19(23-13)24-15-8-10-17(28-2)11-9-15)20(26)25-16-6-4-14(5-7-16)21(27)29-3/h4-12H,1-3H3,(H,25,26)(H,22,23,24). The third-order valence-electron chi connectivity index (χ3n) is 4.00. The van der Waals surface area contributed by atoms with E-state index in [1.807, 2.05) is 24.3 Å². The Morgan fingerprint density at radius 3 is 2.17 bits per heavy atom. The number of amides is 1. The summed E-state index contributed by atoms with van der Waals surface area (Å²) in [7, 11) is 2.91. The molecule has 0 atom stereocenters. The van der Waals surface area contributed by atoms with E-state index >= 15 is 0 Å². The predicted molar refractivity (Wildman–Crippen MR) is 109 cm³/mol. The van der Waals surface area contributed by atoms with Gasteiger partial charge in [-0.3, -0.25) is 4.79 Å². The third-order valence-corrected chi connectivity index (χ3v) is 4.00. The van der Waals surface area contributed by atoms with Gasteiger partial charge in [-0.1, -0.05) is 0 Å². The van der Waals surface area contributed by atoms with Crippen molar-refractivity contribution >= 4 is 29.1 Å². The summed E-state index contributed by atoms with van der Waals surface area (Å²) in [6.45, 7) is 1.71. The highest BCUT2D eigenvalue weighted by Crippen LogP contribution is 2.20. The molecule has 2 aromatic carbocycles. The number of nitrogens with zero attached hydrogens (tertiary/aromatic N) is 2. The summed E-state index contributed by atoms with van der Waals surface area (Å²) >= 11 is 0. The van der Waals surface area contributed by atoms with E-state index in [9.17, 15) is 9.59 Å². The van der Waals surface area contributed by atoms with Gasteiger partial charge in [-0.15, -0.1) is 0 Å². The molecule has 0 fully saturated rings. The van der Waals surface area contributed by atoms with E-state index in [0.717, 1.165) is 11.4 Å². The molecule has 0 bridgehead atoms. The van der Waals surface area contributed by atoms with E-state index in [4.69, 9.17) is 4.74 Å². The molecule has 0 aliphatic carbocycles. The quantitative estimate of drug-likeness (QED) is 0.618. The highest BCUT2D eigenvalue weighted by molar-refractivity contribution is 6.03. The molecule has 0 saturated heterocycles. The topological polar surface area (TPSA) is 102 Å². The molecule has 8 nitrogen and oxygen atoms in total. The van der Waals surface area contributed by atoms with Crippen LogP contribution in [0.3, 0.4) is 0 Å². The number of ether oxygens (including phenoxy) is 2. The van der Waals surface area contributed by atoms with Crippen molar-refractivity contribution in [2.75, 3.05) is 24.9 Å². The van der Waals surface area contributed by atoms with Crippen molar-refractivity contribution in [1.29, 1.82) is 0 Å². The van der Waals surface area contributed by atoms with Crippen molar-refractivity contribution in [2.24, 2.45) is 0 Å². The summed E-state index contributed by atoms with van der Waals surface area (Å²) in [4.78, 5) is 32.6. The maximum Gasteiger partial charge on any atom is 0.337 e. The number of carbonyl (C=O) groups excluding carboxylic acids is 2. The minimum absolute atomic E-state index is 0.213. The van der Waals surface area contributed by atoms with Crippen LogP contribution in [0.25, 0.3) is 0 Å².